The Hall–Kier alpha value is -1.68. The Morgan fingerprint density at radius 1 is 1.36 bits per heavy atom. The van der Waals surface area contributed by atoms with Crippen LogP contribution in [0.15, 0.2) is 23.1 Å². The summed E-state index contributed by atoms with van der Waals surface area (Å²) in [5, 5.41) is 11.9. The number of benzene rings is 1. The number of methoxy groups -OCH3 is 1. The molecular weight excluding hydrogens is 348 g/mol. The number of carbonyl (C=O) groups is 1. The molecular formula is C16H24N2O6S. The smallest absolute Gasteiger partial charge is 0.251 e. The third-order valence-electron chi connectivity index (χ3n) is 3.86. The van der Waals surface area contributed by atoms with Gasteiger partial charge in [-0.1, -0.05) is 0 Å². The number of amides is 1. The van der Waals surface area contributed by atoms with E-state index in [2.05, 4.69) is 5.32 Å². The molecule has 1 saturated heterocycles. The molecule has 1 aliphatic rings. The van der Waals surface area contributed by atoms with Crippen molar-refractivity contribution in [3.8, 4) is 5.75 Å². The van der Waals surface area contributed by atoms with Crippen LogP contribution in [-0.4, -0.2) is 69.3 Å². The number of hydrogen-bond donors (Lipinski definition) is 2. The van der Waals surface area contributed by atoms with E-state index in [0.717, 1.165) is 0 Å². The van der Waals surface area contributed by atoms with Gasteiger partial charge in [-0.25, -0.2) is 8.42 Å². The molecule has 1 aromatic rings. The second-order valence-electron chi connectivity index (χ2n) is 6.38. The minimum atomic E-state index is -3.81. The van der Waals surface area contributed by atoms with Crippen molar-refractivity contribution in [2.75, 3.05) is 40.0 Å². The monoisotopic (exact) mass is 372 g/mol. The van der Waals surface area contributed by atoms with E-state index in [1.165, 1.54) is 29.6 Å². The molecule has 9 heteroatoms. The van der Waals surface area contributed by atoms with Gasteiger partial charge in [0, 0.05) is 18.7 Å². The van der Waals surface area contributed by atoms with Crippen molar-refractivity contribution < 1.29 is 27.8 Å². The number of aliphatic hydroxyl groups excluding tert-OH is 1. The first kappa shape index (κ1) is 19.6. The van der Waals surface area contributed by atoms with Crippen molar-refractivity contribution in [3.05, 3.63) is 23.8 Å². The van der Waals surface area contributed by atoms with Crippen molar-refractivity contribution in [2.45, 2.75) is 24.3 Å². The number of aliphatic hydroxyl groups is 1. The summed E-state index contributed by atoms with van der Waals surface area (Å²) in [6.07, 6.45) is 0. The van der Waals surface area contributed by atoms with Crippen LogP contribution < -0.4 is 10.1 Å². The van der Waals surface area contributed by atoms with Crippen LogP contribution in [0.1, 0.15) is 24.2 Å². The Morgan fingerprint density at radius 2 is 2.00 bits per heavy atom. The molecule has 8 nitrogen and oxygen atoms in total. The van der Waals surface area contributed by atoms with E-state index in [4.69, 9.17) is 9.47 Å². The summed E-state index contributed by atoms with van der Waals surface area (Å²) in [7, 11) is -2.43. The first-order valence-corrected chi connectivity index (χ1v) is 9.34. The quantitative estimate of drug-likeness (QED) is 0.740. The van der Waals surface area contributed by atoms with Gasteiger partial charge in [-0.2, -0.15) is 4.31 Å². The molecule has 2 N–H and O–H groups in total. The fourth-order valence-electron chi connectivity index (χ4n) is 2.36. The van der Waals surface area contributed by atoms with E-state index in [-0.39, 0.29) is 35.9 Å². The molecule has 25 heavy (non-hydrogen) atoms. The van der Waals surface area contributed by atoms with Crippen molar-refractivity contribution in [1.82, 2.24) is 9.62 Å². The van der Waals surface area contributed by atoms with Crippen LogP contribution >= 0.6 is 0 Å². The number of nitrogens with one attached hydrogen (secondary N) is 1. The van der Waals surface area contributed by atoms with Gasteiger partial charge in [0.25, 0.3) is 5.91 Å². The van der Waals surface area contributed by atoms with Gasteiger partial charge >= 0.3 is 0 Å². The molecule has 0 saturated carbocycles. The van der Waals surface area contributed by atoms with Crippen LogP contribution in [0.3, 0.4) is 0 Å². The van der Waals surface area contributed by atoms with E-state index in [1.807, 2.05) is 0 Å². The number of ether oxygens (including phenoxy) is 2. The second-order valence-corrected chi connectivity index (χ2v) is 8.28. The van der Waals surface area contributed by atoms with Crippen molar-refractivity contribution in [3.63, 3.8) is 0 Å². The fourth-order valence-corrected chi connectivity index (χ4v) is 3.95. The first-order valence-electron chi connectivity index (χ1n) is 7.90. The van der Waals surface area contributed by atoms with E-state index in [9.17, 15) is 18.3 Å². The Kier molecular flexibility index (Phi) is 6.04. The molecule has 0 bridgehead atoms. The molecule has 0 aromatic heterocycles. The third-order valence-corrected chi connectivity index (χ3v) is 5.78. The molecule has 0 aliphatic carbocycles. The lowest BCUT2D eigenvalue weighted by Crippen LogP contribution is -2.46. The maximum atomic E-state index is 12.9. The summed E-state index contributed by atoms with van der Waals surface area (Å²) in [6, 6.07) is 4.24. The van der Waals surface area contributed by atoms with Crippen molar-refractivity contribution in [1.29, 1.82) is 0 Å². The van der Waals surface area contributed by atoms with Gasteiger partial charge in [0.15, 0.2) is 0 Å². The number of rotatable bonds is 6. The van der Waals surface area contributed by atoms with Crippen LogP contribution in [-0.2, 0) is 14.8 Å². The highest BCUT2D eigenvalue weighted by Crippen LogP contribution is 2.28. The van der Waals surface area contributed by atoms with Crippen LogP contribution in [0.4, 0.5) is 0 Å². The lowest BCUT2D eigenvalue weighted by atomic mass is 10.1. The first-order chi connectivity index (χ1) is 11.7. The van der Waals surface area contributed by atoms with Gasteiger partial charge in [0.05, 0.1) is 32.5 Å². The minimum Gasteiger partial charge on any atom is -0.495 e. The molecule has 140 valence electrons. The van der Waals surface area contributed by atoms with Crippen LogP contribution in [0.2, 0.25) is 0 Å². The molecule has 0 radical (unpaired) electrons. The number of hydrogen-bond acceptors (Lipinski definition) is 6. The summed E-state index contributed by atoms with van der Waals surface area (Å²) in [5.41, 5.74) is -0.644. The molecule has 1 amide bonds. The summed E-state index contributed by atoms with van der Waals surface area (Å²) in [6.45, 7) is 4.24. The molecule has 1 heterocycles. The van der Waals surface area contributed by atoms with E-state index < -0.39 is 21.5 Å². The van der Waals surface area contributed by atoms with Crippen LogP contribution in [0, 0.1) is 0 Å². The van der Waals surface area contributed by atoms with Gasteiger partial charge < -0.3 is 19.9 Å². The van der Waals surface area contributed by atoms with Crippen molar-refractivity contribution in [2.24, 2.45) is 0 Å². The average molecular weight is 372 g/mol. The van der Waals surface area contributed by atoms with Gasteiger partial charge in [-0.15, -0.1) is 0 Å². The largest absolute Gasteiger partial charge is 0.495 e. The predicted octanol–water partition coefficient (Wildman–Crippen LogP) is 0.217. The highest BCUT2D eigenvalue weighted by Gasteiger charge is 2.30. The van der Waals surface area contributed by atoms with Gasteiger partial charge in [-0.3, -0.25) is 4.79 Å². The summed E-state index contributed by atoms with van der Waals surface area (Å²) >= 11 is 0. The number of sulfonamides is 1. The predicted molar refractivity (Wildman–Crippen MR) is 91.2 cm³/mol. The highest BCUT2D eigenvalue weighted by atomic mass is 32.2. The number of morpholine rings is 1. The van der Waals surface area contributed by atoms with Gasteiger partial charge in [-0.05, 0) is 32.0 Å². The van der Waals surface area contributed by atoms with E-state index >= 15 is 0 Å². The lowest BCUT2D eigenvalue weighted by Gasteiger charge is -2.27. The minimum absolute atomic E-state index is 0.0636. The standard InChI is InChI=1S/C16H24N2O6S/c1-16(2,11-19)17-15(20)12-4-5-13(23-3)14(10-12)25(21,22)18-6-8-24-9-7-18/h4-5,10,19H,6-9,11H2,1-3H3,(H,17,20). The van der Waals surface area contributed by atoms with E-state index in [0.29, 0.717) is 13.2 Å². The second kappa shape index (κ2) is 7.69. The topological polar surface area (TPSA) is 105 Å². The van der Waals surface area contributed by atoms with E-state index in [1.54, 1.807) is 13.8 Å². The molecule has 2 rings (SSSR count). The molecule has 0 atom stereocenters. The molecule has 1 aromatic carbocycles. The molecule has 0 unspecified atom stereocenters. The Morgan fingerprint density at radius 3 is 2.56 bits per heavy atom. The summed E-state index contributed by atoms with van der Waals surface area (Å²) in [5.74, 6) is -0.301. The fraction of sp³-hybridized carbons (Fsp3) is 0.562. The third kappa shape index (κ3) is 4.49. The zero-order valence-electron chi connectivity index (χ0n) is 14.6. The lowest BCUT2D eigenvalue weighted by molar-refractivity contribution is 0.0729. The Labute approximate surface area is 147 Å². The summed E-state index contributed by atoms with van der Waals surface area (Å²) < 4.78 is 37.5. The zero-order chi connectivity index (χ0) is 18.7. The van der Waals surface area contributed by atoms with Crippen molar-refractivity contribution >= 4 is 15.9 Å². The number of carbonyl (C=O) groups excluding carboxylic acids is 1. The summed E-state index contributed by atoms with van der Waals surface area (Å²) in [4.78, 5) is 12.3. The normalized spacial score (nSPS) is 16.5. The molecule has 1 fully saturated rings. The molecule has 0 spiro atoms. The zero-order valence-corrected chi connectivity index (χ0v) is 15.4. The maximum absolute atomic E-state index is 12.9. The Balaban J connectivity index is 2.38. The molecule has 1 aliphatic heterocycles. The SMILES string of the molecule is COc1ccc(C(=O)NC(C)(C)CO)cc1S(=O)(=O)N1CCOCC1. The van der Waals surface area contributed by atoms with Crippen LogP contribution in [0.5, 0.6) is 5.75 Å². The van der Waals surface area contributed by atoms with Crippen LogP contribution in [0.25, 0.3) is 0 Å². The van der Waals surface area contributed by atoms with Gasteiger partial charge in [0.1, 0.15) is 10.6 Å². The number of nitrogens with zero attached hydrogens (tertiary/aromatic N) is 1. The highest BCUT2D eigenvalue weighted by molar-refractivity contribution is 7.89. The maximum Gasteiger partial charge on any atom is 0.251 e. The average Bonchev–Trinajstić information content (AvgIpc) is 2.61. The van der Waals surface area contributed by atoms with Gasteiger partial charge in [0.2, 0.25) is 10.0 Å². The Bertz CT molecular complexity index is 726.